The van der Waals surface area contributed by atoms with Crippen LogP contribution in [0.15, 0.2) is 23.2 Å². The minimum absolute atomic E-state index is 0.135. The summed E-state index contributed by atoms with van der Waals surface area (Å²) in [6.45, 7) is 6.18. The van der Waals surface area contributed by atoms with Gasteiger partial charge < -0.3 is 15.5 Å². The second-order valence-electron chi connectivity index (χ2n) is 5.66. The van der Waals surface area contributed by atoms with Crippen molar-refractivity contribution in [1.82, 2.24) is 10.2 Å². The number of nitrogens with one attached hydrogen (secondary N) is 2. The Morgan fingerprint density at radius 2 is 2.19 bits per heavy atom. The van der Waals surface area contributed by atoms with Crippen LogP contribution in [-0.2, 0) is 0 Å². The molecule has 21 heavy (non-hydrogen) atoms. The lowest BCUT2D eigenvalue weighted by Gasteiger charge is -2.19. The number of hydrogen-bond donors (Lipinski definition) is 2. The fourth-order valence-corrected chi connectivity index (χ4v) is 2.83. The molecular formula is C16H22N4O. The number of carbonyl (C=O) groups is 1. The number of nitrogens with zero attached hydrogens (tertiary/aromatic N) is 2. The van der Waals surface area contributed by atoms with E-state index < -0.39 is 0 Å². The summed E-state index contributed by atoms with van der Waals surface area (Å²) in [4.78, 5) is 18.9. The summed E-state index contributed by atoms with van der Waals surface area (Å²) in [5.41, 5.74) is 2.82. The Hall–Kier alpha value is -2.04. The van der Waals surface area contributed by atoms with Crippen LogP contribution >= 0.6 is 0 Å². The van der Waals surface area contributed by atoms with Crippen LogP contribution in [0.1, 0.15) is 28.8 Å². The first kappa shape index (κ1) is 13.9. The number of aliphatic imine (C=N–C) groups is 1. The molecule has 3 rings (SSSR count). The van der Waals surface area contributed by atoms with Crippen molar-refractivity contribution >= 4 is 17.4 Å². The Labute approximate surface area is 125 Å². The van der Waals surface area contributed by atoms with Crippen molar-refractivity contribution in [3.63, 3.8) is 0 Å². The third-order valence-electron chi connectivity index (χ3n) is 3.99. The van der Waals surface area contributed by atoms with Gasteiger partial charge in [0.2, 0.25) is 0 Å². The lowest BCUT2D eigenvalue weighted by Crippen LogP contribution is -2.30. The lowest BCUT2D eigenvalue weighted by atomic mass is 10.1. The predicted molar refractivity (Wildman–Crippen MR) is 85.1 cm³/mol. The molecule has 112 valence electrons. The molecule has 0 atom stereocenters. The summed E-state index contributed by atoms with van der Waals surface area (Å²) >= 11 is 0. The summed E-state index contributed by atoms with van der Waals surface area (Å²) in [6.07, 6.45) is 2.22. The maximum absolute atomic E-state index is 12.6. The van der Waals surface area contributed by atoms with Crippen molar-refractivity contribution in [2.24, 2.45) is 4.99 Å². The van der Waals surface area contributed by atoms with Gasteiger partial charge in [-0.25, -0.2) is 0 Å². The highest BCUT2D eigenvalue weighted by Crippen LogP contribution is 2.21. The summed E-state index contributed by atoms with van der Waals surface area (Å²) < 4.78 is 0. The van der Waals surface area contributed by atoms with E-state index in [0.29, 0.717) is 6.54 Å². The minimum atomic E-state index is 0.135. The third-order valence-corrected chi connectivity index (χ3v) is 3.99. The number of anilines is 1. The van der Waals surface area contributed by atoms with Gasteiger partial charge in [0.05, 0.1) is 18.7 Å². The van der Waals surface area contributed by atoms with E-state index in [-0.39, 0.29) is 5.91 Å². The second kappa shape index (κ2) is 6.16. The normalized spacial score (nSPS) is 17.6. The summed E-state index contributed by atoms with van der Waals surface area (Å²) in [6, 6.07) is 5.97. The molecule has 0 bridgehead atoms. The average Bonchev–Trinajstić information content (AvgIpc) is 3.18. The minimum Gasteiger partial charge on any atom is -0.377 e. The zero-order valence-corrected chi connectivity index (χ0v) is 12.5. The molecule has 5 nitrogen and oxygen atoms in total. The Bertz CT molecular complexity index is 561. The van der Waals surface area contributed by atoms with E-state index in [1.54, 1.807) is 0 Å². The van der Waals surface area contributed by atoms with Crippen LogP contribution in [0.4, 0.5) is 5.69 Å². The Balaban J connectivity index is 1.77. The fourth-order valence-electron chi connectivity index (χ4n) is 2.83. The molecular weight excluding hydrogens is 264 g/mol. The van der Waals surface area contributed by atoms with E-state index in [9.17, 15) is 4.79 Å². The molecule has 1 aromatic rings. The third kappa shape index (κ3) is 3.17. The summed E-state index contributed by atoms with van der Waals surface area (Å²) in [5.74, 6) is 1.10. The second-order valence-corrected chi connectivity index (χ2v) is 5.66. The molecule has 0 unspecified atom stereocenters. The molecule has 1 saturated heterocycles. The van der Waals surface area contributed by atoms with Gasteiger partial charge in [0.1, 0.15) is 5.84 Å². The van der Waals surface area contributed by atoms with Gasteiger partial charge >= 0.3 is 0 Å². The first-order valence-electron chi connectivity index (χ1n) is 7.65. The molecule has 2 N–H and O–H groups in total. The lowest BCUT2D eigenvalue weighted by molar-refractivity contribution is 0.0794. The molecule has 0 radical (unpaired) electrons. The number of carbonyl (C=O) groups excluding carboxylic acids is 1. The average molecular weight is 286 g/mol. The zero-order valence-electron chi connectivity index (χ0n) is 12.5. The van der Waals surface area contributed by atoms with E-state index in [2.05, 4.69) is 15.6 Å². The van der Waals surface area contributed by atoms with Crippen molar-refractivity contribution in [3.8, 4) is 0 Å². The van der Waals surface area contributed by atoms with Gasteiger partial charge in [0.25, 0.3) is 5.91 Å². The van der Waals surface area contributed by atoms with Gasteiger partial charge in [-0.05, 0) is 37.5 Å². The number of benzene rings is 1. The fraction of sp³-hybridized carbons (Fsp3) is 0.500. The van der Waals surface area contributed by atoms with E-state index >= 15 is 0 Å². The Morgan fingerprint density at radius 3 is 2.90 bits per heavy atom. The predicted octanol–water partition coefficient (Wildman–Crippen LogP) is 1.64. The van der Waals surface area contributed by atoms with Crippen molar-refractivity contribution < 1.29 is 4.79 Å². The van der Waals surface area contributed by atoms with Crippen LogP contribution in [0.5, 0.6) is 0 Å². The van der Waals surface area contributed by atoms with E-state index in [0.717, 1.165) is 61.7 Å². The number of rotatable bonds is 4. The van der Waals surface area contributed by atoms with Gasteiger partial charge in [-0.15, -0.1) is 0 Å². The molecule has 2 aliphatic rings. The first-order chi connectivity index (χ1) is 10.2. The maximum Gasteiger partial charge on any atom is 0.255 e. The van der Waals surface area contributed by atoms with Crippen molar-refractivity contribution in [2.75, 3.05) is 38.0 Å². The van der Waals surface area contributed by atoms with E-state index in [1.165, 1.54) is 0 Å². The molecule has 1 amide bonds. The van der Waals surface area contributed by atoms with Gasteiger partial charge in [-0.2, -0.15) is 0 Å². The summed E-state index contributed by atoms with van der Waals surface area (Å²) in [7, 11) is 0. The van der Waals surface area contributed by atoms with Gasteiger partial charge in [-0.3, -0.25) is 9.79 Å². The van der Waals surface area contributed by atoms with E-state index in [4.69, 9.17) is 0 Å². The molecule has 0 spiro atoms. The standard InChI is InChI=1S/C16H22N4O/c1-12-4-5-13(16(21)20-8-2-3-9-20)14(10-12)19-11-15-17-6-7-18-15/h4-5,10,19H,2-3,6-9,11H2,1H3,(H,17,18). The van der Waals surface area contributed by atoms with Crippen LogP contribution in [0.25, 0.3) is 0 Å². The number of amides is 1. The number of likely N-dealkylation sites (tertiary alicyclic amines) is 1. The quantitative estimate of drug-likeness (QED) is 0.885. The molecule has 2 heterocycles. The molecule has 0 aliphatic carbocycles. The highest BCUT2D eigenvalue weighted by Gasteiger charge is 2.22. The number of amidine groups is 1. The molecule has 2 aliphatic heterocycles. The van der Waals surface area contributed by atoms with Crippen LogP contribution in [0.2, 0.25) is 0 Å². The van der Waals surface area contributed by atoms with Crippen LogP contribution in [0, 0.1) is 6.92 Å². The summed E-state index contributed by atoms with van der Waals surface area (Å²) in [5, 5.41) is 6.60. The molecule has 5 heteroatoms. The van der Waals surface area contributed by atoms with E-state index in [1.807, 2.05) is 30.0 Å². The number of aryl methyl sites for hydroxylation is 1. The van der Waals surface area contributed by atoms with Crippen LogP contribution in [0.3, 0.4) is 0 Å². The van der Waals surface area contributed by atoms with Gasteiger partial charge in [-0.1, -0.05) is 6.07 Å². The maximum atomic E-state index is 12.6. The monoisotopic (exact) mass is 286 g/mol. The first-order valence-corrected chi connectivity index (χ1v) is 7.65. The molecule has 0 saturated carbocycles. The van der Waals surface area contributed by atoms with Gasteiger partial charge in [0.15, 0.2) is 0 Å². The van der Waals surface area contributed by atoms with Crippen molar-refractivity contribution in [3.05, 3.63) is 29.3 Å². The topological polar surface area (TPSA) is 56.7 Å². The molecule has 1 fully saturated rings. The van der Waals surface area contributed by atoms with Crippen molar-refractivity contribution in [1.29, 1.82) is 0 Å². The highest BCUT2D eigenvalue weighted by molar-refractivity contribution is 6.00. The zero-order chi connectivity index (χ0) is 14.7. The van der Waals surface area contributed by atoms with Crippen LogP contribution < -0.4 is 10.6 Å². The Kier molecular flexibility index (Phi) is 4.08. The molecule has 1 aromatic carbocycles. The van der Waals surface area contributed by atoms with Gasteiger partial charge in [0, 0.05) is 25.3 Å². The Morgan fingerprint density at radius 1 is 1.38 bits per heavy atom. The smallest absolute Gasteiger partial charge is 0.255 e. The highest BCUT2D eigenvalue weighted by atomic mass is 16.2. The molecule has 0 aromatic heterocycles. The number of hydrogen-bond acceptors (Lipinski definition) is 4. The van der Waals surface area contributed by atoms with Crippen LogP contribution in [-0.4, -0.2) is 49.4 Å². The SMILES string of the molecule is Cc1ccc(C(=O)N2CCCC2)c(NCC2=NCCN2)c1. The van der Waals surface area contributed by atoms with Crippen molar-refractivity contribution in [2.45, 2.75) is 19.8 Å². The largest absolute Gasteiger partial charge is 0.377 e.